The van der Waals surface area contributed by atoms with Gasteiger partial charge in [-0.2, -0.15) is 8.42 Å². The first-order valence-corrected chi connectivity index (χ1v) is 12.1. The van der Waals surface area contributed by atoms with Crippen molar-refractivity contribution in [2.24, 2.45) is 0 Å². The molecule has 1 atom stereocenters. The Morgan fingerprint density at radius 3 is 2.50 bits per heavy atom. The third-order valence-corrected chi connectivity index (χ3v) is 6.36. The molecule has 0 bridgehead atoms. The predicted octanol–water partition coefficient (Wildman–Crippen LogP) is 0.932. The molecular weight excluding hydrogens is 436 g/mol. The van der Waals surface area contributed by atoms with Gasteiger partial charge in [0, 0.05) is 56.4 Å². The van der Waals surface area contributed by atoms with E-state index < -0.39 is 16.1 Å². The standard InChI is InChI=1S/C16H21N3O4S.C5H9NO2/c20-16-11-14(24(21,22)23)9-12-1-2-13(10-15(12)16)18-5-8-19-6-3-17-4-7-19;7-5(8)4-2-1-3-6-4/h1-2,9-11,17-18,20H,3-8H2,(H,21,22,23);4,6H,1-3H2,(H,7,8)/t;4-/m.0/s1. The molecule has 10 nitrogen and oxygen atoms in total. The number of hydrogen-bond acceptors (Lipinski definition) is 8. The molecule has 0 amide bonds. The number of piperazine rings is 1. The average molecular weight is 467 g/mol. The quantitative estimate of drug-likeness (QED) is 0.339. The SMILES string of the molecule is O=C(O)[C@@H]1CCCN1.O=S(=O)(O)c1cc(O)c2cc(NCCN3CCNCC3)ccc2c1. The number of rotatable bonds is 6. The van der Waals surface area contributed by atoms with E-state index in [1.807, 2.05) is 6.07 Å². The Hall–Kier alpha value is -2.44. The van der Waals surface area contributed by atoms with Gasteiger partial charge in [-0.1, -0.05) is 6.07 Å². The zero-order valence-corrected chi connectivity index (χ0v) is 18.6. The van der Waals surface area contributed by atoms with E-state index in [1.54, 1.807) is 12.1 Å². The molecular formula is C21H30N4O6S. The third-order valence-electron chi connectivity index (χ3n) is 5.53. The first-order valence-electron chi connectivity index (χ1n) is 10.6. The highest BCUT2D eigenvalue weighted by Gasteiger charge is 2.20. The van der Waals surface area contributed by atoms with Gasteiger partial charge in [0.05, 0.1) is 4.90 Å². The number of nitrogens with zero attached hydrogens (tertiary/aromatic N) is 1. The number of nitrogens with one attached hydrogen (secondary N) is 3. The molecule has 2 aliphatic rings. The molecule has 6 N–H and O–H groups in total. The van der Waals surface area contributed by atoms with E-state index in [0.717, 1.165) is 70.4 Å². The van der Waals surface area contributed by atoms with Gasteiger partial charge in [0.2, 0.25) is 0 Å². The van der Waals surface area contributed by atoms with Crippen LogP contribution >= 0.6 is 0 Å². The van der Waals surface area contributed by atoms with Crippen LogP contribution in [0, 0.1) is 0 Å². The zero-order valence-electron chi connectivity index (χ0n) is 17.7. The van der Waals surface area contributed by atoms with Crippen LogP contribution in [0.1, 0.15) is 12.8 Å². The zero-order chi connectivity index (χ0) is 23.1. The normalized spacial score (nSPS) is 19.3. The maximum atomic E-state index is 11.2. The molecule has 32 heavy (non-hydrogen) atoms. The van der Waals surface area contributed by atoms with E-state index in [1.165, 1.54) is 6.07 Å². The second kappa shape index (κ2) is 10.9. The van der Waals surface area contributed by atoms with Crippen LogP contribution in [-0.4, -0.2) is 85.9 Å². The number of benzene rings is 2. The molecule has 4 rings (SSSR count). The molecule has 0 aliphatic carbocycles. The first-order chi connectivity index (χ1) is 15.2. The number of phenolic OH excluding ortho intramolecular Hbond substituents is 1. The molecule has 2 aliphatic heterocycles. The molecule has 0 unspecified atom stereocenters. The number of anilines is 1. The van der Waals surface area contributed by atoms with Crippen LogP contribution in [0.3, 0.4) is 0 Å². The summed E-state index contributed by atoms with van der Waals surface area (Å²) in [6, 6.07) is 7.45. The van der Waals surface area contributed by atoms with Crippen LogP contribution in [0.2, 0.25) is 0 Å². The average Bonchev–Trinajstić information content (AvgIpc) is 3.30. The van der Waals surface area contributed by atoms with Crippen molar-refractivity contribution < 1.29 is 28.0 Å². The number of aromatic hydroxyl groups is 1. The van der Waals surface area contributed by atoms with Crippen molar-refractivity contribution in [1.29, 1.82) is 0 Å². The second-order valence-electron chi connectivity index (χ2n) is 7.86. The van der Waals surface area contributed by atoms with Crippen LogP contribution in [0.25, 0.3) is 10.8 Å². The highest BCUT2D eigenvalue weighted by atomic mass is 32.2. The van der Waals surface area contributed by atoms with Crippen molar-refractivity contribution in [1.82, 2.24) is 15.5 Å². The molecule has 11 heteroatoms. The number of fused-ring (bicyclic) bond motifs is 1. The summed E-state index contributed by atoms with van der Waals surface area (Å²) in [5.74, 6) is -0.895. The molecule has 2 aromatic rings. The predicted molar refractivity (Wildman–Crippen MR) is 122 cm³/mol. The van der Waals surface area contributed by atoms with E-state index in [9.17, 15) is 18.3 Å². The summed E-state index contributed by atoms with van der Waals surface area (Å²) in [4.78, 5) is 12.2. The second-order valence-corrected chi connectivity index (χ2v) is 9.28. The Bertz CT molecular complexity index is 1030. The smallest absolute Gasteiger partial charge is 0.320 e. The monoisotopic (exact) mass is 466 g/mol. The van der Waals surface area contributed by atoms with Gasteiger partial charge in [-0.3, -0.25) is 14.2 Å². The molecule has 2 heterocycles. The van der Waals surface area contributed by atoms with E-state index in [0.29, 0.717) is 10.8 Å². The van der Waals surface area contributed by atoms with Crippen molar-refractivity contribution >= 4 is 32.5 Å². The minimum Gasteiger partial charge on any atom is -0.507 e. The van der Waals surface area contributed by atoms with Crippen LogP contribution in [0.5, 0.6) is 5.75 Å². The van der Waals surface area contributed by atoms with Gasteiger partial charge in [-0.05, 0) is 43.0 Å². The number of carbonyl (C=O) groups is 1. The Kier molecular flexibility index (Phi) is 8.26. The van der Waals surface area contributed by atoms with Gasteiger partial charge >= 0.3 is 5.97 Å². The fourth-order valence-corrected chi connectivity index (χ4v) is 4.30. The molecule has 0 aromatic heterocycles. The molecule has 0 spiro atoms. The van der Waals surface area contributed by atoms with E-state index in [2.05, 4.69) is 20.9 Å². The minimum absolute atomic E-state index is 0.175. The van der Waals surface area contributed by atoms with Crippen LogP contribution in [-0.2, 0) is 14.9 Å². The Labute approximate surface area is 187 Å². The van der Waals surface area contributed by atoms with Crippen molar-refractivity contribution in [2.45, 2.75) is 23.8 Å². The third kappa shape index (κ3) is 6.78. The van der Waals surface area contributed by atoms with Gasteiger partial charge in [0.15, 0.2) is 0 Å². The summed E-state index contributed by atoms with van der Waals surface area (Å²) < 4.78 is 31.5. The largest absolute Gasteiger partial charge is 0.507 e. The maximum absolute atomic E-state index is 11.2. The summed E-state index contributed by atoms with van der Waals surface area (Å²) >= 11 is 0. The van der Waals surface area contributed by atoms with Crippen LogP contribution in [0.15, 0.2) is 35.2 Å². The highest BCUT2D eigenvalue weighted by molar-refractivity contribution is 7.85. The summed E-state index contributed by atoms with van der Waals surface area (Å²) in [7, 11) is -4.34. The maximum Gasteiger partial charge on any atom is 0.320 e. The number of carboxylic acids is 1. The van der Waals surface area contributed by atoms with E-state index >= 15 is 0 Å². The number of carboxylic acid groups (broad SMARTS) is 1. The minimum atomic E-state index is -4.34. The molecule has 2 fully saturated rings. The van der Waals surface area contributed by atoms with Gasteiger partial charge in [-0.15, -0.1) is 0 Å². The summed E-state index contributed by atoms with van der Waals surface area (Å²) in [5, 5.41) is 29.0. The summed E-state index contributed by atoms with van der Waals surface area (Å²) in [5.41, 5.74) is 0.854. The molecule has 0 saturated carbocycles. The molecule has 176 valence electrons. The van der Waals surface area contributed by atoms with Gasteiger partial charge in [-0.25, -0.2) is 0 Å². The van der Waals surface area contributed by atoms with Crippen molar-refractivity contribution in [3.05, 3.63) is 30.3 Å². The van der Waals surface area contributed by atoms with Crippen molar-refractivity contribution in [2.75, 3.05) is 51.1 Å². The fraction of sp³-hybridized carbons (Fsp3) is 0.476. The first kappa shape index (κ1) is 24.2. The van der Waals surface area contributed by atoms with E-state index in [4.69, 9.17) is 9.66 Å². The molecule has 2 aromatic carbocycles. The lowest BCUT2D eigenvalue weighted by atomic mass is 10.1. The molecule has 2 saturated heterocycles. The number of hydrogen-bond donors (Lipinski definition) is 6. The topological polar surface area (TPSA) is 151 Å². The van der Waals surface area contributed by atoms with Crippen LogP contribution < -0.4 is 16.0 Å². The van der Waals surface area contributed by atoms with Gasteiger partial charge in [0.25, 0.3) is 10.1 Å². The van der Waals surface area contributed by atoms with Crippen LogP contribution in [0.4, 0.5) is 5.69 Å². The lowest BCUT2D eigenvalue weighted by molar-refractivity contribution is -0.139. The van der Waals surface area contributed by atoms with E-state index in [-0.39, 0.29) is 16.7 Å². The Morgan fingerprint density at radius 1 is 1.16 bits per heavy atom. The lowest BCUT2D eigenvalue weighted by Crippen LogP contribution is -2.45. The lowest BCUT2D eigenvalue weighted by Gasteiger charge is -2.27. The number of aliphatic carboxylic acids is 1. The number of phenols is 1. The summed E-state index contributed by atoms with van der Waals surface area (Å²) in [6.45, 7) is 6.69. The fourth-order valence-electron chi connectivity index (χ4n) is 3.76. The summed E-state index contributed by atoms with van der Waals surface area (Å²) in [6.07, 6.45) is 1.78. The Morgan fingerprint density at radius 2 is 1.91 bits per heavy atom. The Balaban J connectivity index is 0.000000305. The molecule has 0 radical (unpaired) electrons. The van der Waals surface area contributed by atoms with Crippen molar-refractivity contribution in [3.63, 3.8) is 0 Å². The van der Waals surface area contributed by atoms with Gasteiger partial charge < -0.3 is 26.2 Å². The van der Waals surface area contributed by atoms with Crippen molar-refractivity contribution in [3.8, 4) is 5.75 Å². The highest BCUT2D eigenvalue weighted by Crippen LogP contribution is 2.30. The van der Waals surface area contributed by atoms with Gasteiger partial charge in [0.1, 0.15) is 11.8 Å².